The van der Waals surface area contributed by atoms with Crippen molar-refractivity contribution in [3.05, 3.63) is 83.7 Å². The molecule has 3 N–H and O–H groups in total. The Morgan fingerprint density at radius 1 is 1.00 bits per heavy atom. The number of nitrogens with one attached hydrogen (secondary N) is 1. The molecule has 4 rings (SSSR count). The van der Waals surface area contributed by atoms with Gasteiger partial charge in [-0.15, -0.1) is 5.10 Å². The highest BCUT2D eigenvalue weighted by atomic mass is 16.3. The van der Waals surface area contributed by atoms with E-state index in [2.05, 4.69) is 15.5 Å². The molecule has 2 aromatic carbocycles. The number of nitrogens with zero attached hydrogens (tertiary/aromatic N) is 2. The number of hydrogen-bond donors (Lipinski definition) is 2. The monoisotopic (exact) mass is 358 g/mol. The van der Waals surface area contributed by atoms with E-state index in [0.29, 0.717) is 11.1 Å². The van der Waals surface area contributed by atoms with Gasteiger partial charge in [0.15, 0.2) is 0 Å². The summed E-state index contributed by atoms with van der Waals surface area (Å²) < 4.78 is 5.75. The molecule has 2 heterocycles. The predicted molar refractivity (Wildman–Crippen MR) is 99.5 cm³/mol. The molecule has 2 amide bonds. The minimum atomic E-state index is -0.703. The summed E-state index contributed by atoms with van der Waals surface area (Å²) in [5.74, 6) is -1.16. The second-order valence-electron chi connectivity index (χ2n) is 5.82. The van der Waals surface area contributed by atoms with Crippen molar-refractivity contribution in [1.82, 2.24) is 10.4 Å². The van der Waals surface area contributed by atoms with Crippen molar-refractivity contribution in [3.8, 4) is 0 Å². The zero-order valence-corrected chi connectivity index (χ0v) is 14.0. The molecular formula is C20H14N4O3. The second kappa shape index (κ2) is 6.72. The van der Waals surface area contributed by atoms with Gasteiger partial charge in [-0.3, -0.25) is 14.6 Å². The summed E-state index contributed by atoms with van der Waals surface area (Å²) in [5, 5.41) is 6.61. The van der Waals surface area contributed by atoms with Crippen molar-refractivity contribution in [3.63, 3.8) is 0 Å². The molecule has 0 aliphatic rings. The van der Waals surface area contributed by atoms with Gasteiger partial charge in [-0.25, -0.2) is 5.43 Å². The van der Waals surface area contributed by atoms with E-state index in [1.807, 2.05) is 30.3 Å². The number of amides is 2. The largest absolute Gasteiger partial charge is 0.436 e. The molecule has 132 valence electrons. The Balaban J connectivity index is 1.84. The van der Waals surface area contributed by atoms with Gasteiger partial charge >= 0.3 is 0 Å². The number of carbonyl (C=O) groups excluding carboxylic acids is 2. The SMILES string of the molecule is NC(=O)c1cc2c(ccc3ccccc32)oc1=NNC(=O)c1ccncc1. The smallest absolute Gasteiger partial charge is 0.271 e. The van der Waals surface area contributed by atoms with Crippen LogP contribution in [0, 0.1) is 0 Å². The Bertz CT molecular complexity index is 1250. The van der Waals surface area contributed by atoms with Crippen molar-refractivity contribution in [2.75, 3.05) is 0 Å². The number of pyridine rings is 1. The number of nitrogens with two attached hydrogens (primary N) is 1. The molecule has 0 unspecified atom stereocenters. The number of rotatable bonds is 3. The number of fused-ring (bicyclic) bond motifs is 3. The van der Waals surface area contributed by atoms with Gasteiger partial charge in [0.25, 0.3) is 11.8 Å². The molecule has 7 nitrogen and oxygen atoms in total. The van der Waals surface area contributed by atoms with Gasteiger partial charge in [0.2, 0.25) is 5.55 Å². The number of aromatic nitrogens is 1. The fourth-order valence-electron chi connectivity index (χ4n) is 2.81. The lowest BCUT2D eigenvalue weighted by Crippen LogP contribution is -2.27. The first-order valence-corrected chi connectivity index (χ1v) is 8.13. The van der Waals surface area contributed by atoms with Crippen LogP contribution in [0.4, 0.5) is 0 Å². The number of benzene rings is 2. The van der Waals surface area contributed by atoms with Gasteiger partial charge in [-0.2, -0.15) is 0 Å². The summed E-state index contributed by atoms with van der Waals surface area (Å²) in [5.41, 5.74) is 8.77. The molecule has 0 fully saturated rings. The topological polar surface area (TPSA) is 111 Å². The molecule has 27 heavy (non-hydrogen) atoms. The Hall–Kier alpha value is -4.00. The molecule has 0 aliphatic heterocycles. The van der Waals surface area contributed by atoms with Crippen LogP contribution in [-0.4, -0.2) is 16.8 Å². The maximum absolute atomic E-state index is 12.1. The number of hydrogen-bond acceptors (Lipinski definition) is 5. The van der Waals surface area contributed by atoms with E-state index in [1.165, 1.54) is 12.4 Å². The minimum absolute atomic E-state index is 0.0623. The molecule has 2 aromatic heterocycles. The molecule has 0 bridgehead atoms. The van der Waals surface area contributed by atoms with Crippen LogP contribution >= 0.6 is 0 Å². The quantitative estimate of drug-likeness (QED) is 0.432. The normalized spacial score (nSPS) is 11.6. The standard InChI is InChI=1S/C20H14N4O3/c21-18(25)16-11-15-14-4-2-1-3-12(14)5-6-17(15)27-20(16)24-23-19(26)13-7-9-22-10-8-13/h1-11H,(H2,21,25)(H,23,26). The molecule has 0 aliphatic carbocycles. The van der Waals surface area contributed by atoms with E-state index < -0.39 is 11.8 Å². The third-order valence-electron chi connectivity index (χ3n) is 4.12. The fourth-order valence-corrected chi connectivity index (χ4v) is 2.81. The van der Waals surface area contributed by atoms with Crippen LogP contribution in [0.3, 0.4) is 0 Å². The highest BCUT2D eigenvalue weighted by Crippen LogP contribution is 2.24. The van der Waals surface area contributed by atoms with Crippen molar-refractivity contribution >= 4 is 33.6 Å². The molecule has 0 saturated heterocycles. The Labute approximate surface area is 153 Å². The van der Waals surface area contributed by atoms with E-state index in [0.717, 1.165) is 16.2 Å². The fraction of sp³-hybridized carbons (Fsp3) is 0. The van der Waals surface area contributed by atoms with E-state index in [-0.39, 0.29) is 11.1 Å². The van der Waals surface area contributed by atoms with Crippen LogP contribution in [0.15, 0.2) is 76.5 Å². The van der Waals surface area contributed by atoms with E-state index >= 15 is 0 Å². The van der Waals surface area contributed by atoms with Gasteiger partial charge < -0.3 is 10.2 Å². The summed E-state index contributed by atoms with van der Waals surface area (Å²) in [6.07, 6.45) is 2.99. The molecule has 0 radical (unpaired) electrons. The summed E-state index contributed by atoms with van der Waals surface area (Å²) >= 11 is 0. The lowest BCUT2D eigenvalue weighted by Gasteiger charge is -2.06. The van der Waals surface area contributed by atoms with E-state index in [4.69, 9.17) is 10.2 Å². The first-order valence-electron chi connectivity index (χ1n) is 8.13. The van der Waals surface area contributed by atoms with E-state index in [9.17, 15) is 9.59 Å². The first-order chi connectivity index (χ1) is 13.1. The lowest BCUT2D eigenvalue weighted by atomic mass is 10.0. The van der Waals surface area contributed by atoms with Crippen LogP contribution in [-0.2, 0) is 0 Å². The molecule has 4 aromatic rings. The average molecular weight is 358 g/mol. The predicted octanol–water partition coefficient (Wildman–Crippen LogP) is 2.33. The van der Waals surface area contributed by atoms with Gasteiger partial charge in [0.1, 0.15) is 11.1 Å². The Morgan fingerprint density at radius 2 is 1.78 bits per heavy atom. The Morgan fingerprint density at radius 3 is 2.56 bits per heavy atom. The van der Waals surface area contributed by atoms with Crippen LogP contribution in [0.1, 0.15) is 20.7 Å². The van der Waals surface area contributed by atoms with Crippen LogP contribution in [0.2, 0.25) is 0 Å². The summed E-state index contributed by atoms with van der Waals surface area (Å²) in [7, 11) is 0. The van der Waals surface area contributed by atoms with Crippen molar-refractivity contribution in [2.45, 2.75) is 0 Å². The number of primary amides is 1. The van der Waals surface area contributed by atoms with Crippen molar-refractivity contribution in [2.24, 2.45) is 10.8 Å². The van der Waals surface area contributed by atoms with Crippen molar-refractivity contribution in [1.29, 1.82) is 0 Å². The highest BCUT2D eigenvalue weighted by Gasteiger charge is 2.12. The maximum atomic E-state index is 12.1. The van der Waals surface area contributed by atoms with Crippen LogP contribution in [0.25, 0.3) is 21.7 Å². The molecular weight excluding hydrogens is 344 g/mol. The van der Waals surface area contributed by atoms with Crippen LogP contribution < -0.4 is 16.7 Å². The zero-order chi connectivity index (χ0) is 18.8. The molecule has 0 spiro atoms. The molecule has 0 atom stereocenters. The van der Waals surface area contributed by atoms with Gasteiger partial charge in [-0.05, 0) is 35.0 Å². The number of carbonyl (C=O) groups is 2. The van der Waals surface area contributed by atoms with Crippen molar-refractivity contribution < 1.29 is 14.0 Å². The minimum Gasteiger partial charge on any atom is -0.436 e. The average Bonchev–Trinajstić information content (AvgIpc) is 2.71. The van der Waals surface area contributed by atoms with Crippen LogP contribution in [0.5, 0.6) is 0 Å². The lowest BCUT2D eigenvalue weighted by molar-refractivity contribution is 0.0946. The maximum Gasteiger partial charge on any atom is 0.271 e. The second-order valence-corrected chi connectivity index (χ2v) is 5.82. The zero-order valence-electron chi connectivity index (χ0n) is 14.0. The third-order valence-corrected chi connectivity index (χ3v) is 4.12. The molecule has 0 saturated carbocycles. The Kier molecular flexibility index (Phi) is 4.10. The van der Waals surface area contributed by atoms with Gasteiger partial charge in [0.05, 0.1) is 0 Å². The third kappa shape index (κ3) is 3.13. The van der Waals surface area contributed by atoms with Gasteiger partial charge in [-0.1, -0.05) is 30.3 Å². The molecule has 7 heteroatoms. The van der Waals surface area contributed by atoms with E-state index in [1.54, 1.807) is 24.3 Å². The highest BCUT2D eigenvalue weighted by molar-refractivity contribution is 6.07. The summed E-state index contributed by atoms with van der Waals surface area (Å²) in [6.45, 7) is 0. The summed E-state index contributed by atoms with van der Waals surface area (Å²) in [6, 6.07) is 16.1. The van der Waals surface area contributed by atoms with Gasteiger partial charge in [0, 0.05) is 23.3 Å². The summed E-state index contributed by atoms with van der Waals surface area (Å²) in [4.78, 5) is 27.9. The first kappa shape index (κ1) is 16.5.